The molecule has 11 heteroatoms. The van der Waals surface area contributed by atoms with E-state index in [-0.39, 0.29) is 12.0 Å². The maximum Gasteiger partial charge on any atom is 0.251 e. The zero-order chi connectivity index (χ0) is 24.4. The molecule has 0 spiro atoms. The fourth-order valence-corrected chi connectivity index (χ4v) is 4.05. The number of carbonyl (C=O) groups excluding carboxylic acids is 1. The van der Waals surface area contributed by atoms with Crippen LogP contribution >= 0.6 is 0 Å². The first-order chi connectivity index (χ1) is 17.1. The minimum absolute atomic E-state index is 0.0115. The van der Waals surface area contributed by atoms with Gasteiger partial charge in [-0.05, 0) is 24.3 Å². The van der Waals surface area contributed by atoms with E-state index in [0.717, 1.165) is 29.5 Å². The Morgan fingerprint density at radius 3 is 2.77 bits per heavy atom. The third-order valence-corrected chi connectivity index (χ3v) is 5.87. The van der Waals surface area contributed by atoms with Gasteiger partial charge >= 0.3 is 0 Å². The number of methoxy groups -OCH3 is 1. The van der Waals surface area contributed by atoms with Gasteiger partial charge in [0.05, 0.1) is 37.1 Å². The lowest BCUT2D eigenvalue weighted by Crippen LogP contribution is -2.26. The fraction of sp³-hybridized carbons (Fsp3) is 0.333. The summed E-state index contributed by atoms with van der Waals surface area (Å²) in [5.74, 6) is 1.09. The molecule has 1 aliphatic rings. The lowest BCUT2D eigenvalue weighted by Gasteiger charge is -2.23. The minimum Gasteiger partial charge on any atom is -0.495 e. The average molecular weight is 478 g/mol. The SMILES string of the molecule is CNC(=O)c1ccc(Nc2nc(OC3CCOCC3)c3c(-c4ccn(C)n4)c[nH]c3n2)c(OC)c1. The number of nitrogens with zero attached hydrogens (tertiary/aromatic N) is 4. The maximum absolute atomic E-state index is 12.0. The number of nitrogens with one attached hydrogen (secondary N) is 3. The van der Waals surface area contributed by atoms with Crippen molar-refractivity contribution >= 4 is 28.6 Å². The van der Waals surface area contributed by atoms with Crippen molar-refractivity contribution in [2.75, 3.05) is 32.7 Å². The monoisotopic (exact) mass is 477 g/mol. The van der Waals surface area contributed by atoms with Crippen molar-refractivity contribution in [2.24, 2.45) is 7.05 Å². The van der Waals surface area contributed by atoms with Crippen LogP contribution in [0.4, 0.5) is 11.6 Å². The first-order valence-electron chi connectivity index (χ1n) is 11.4. The summed E-state index contributed by atoms with van der Waals surface area (Å²) in [6.45, 7) is 1.30. The summed E-state index contributed by atoms with van der Waals surface area (Å²) in [5, 5.41) is 11.1. The molecule has 182 valence electrons. The van der Waals surface area contributed by atoms with Crippen molar-refractivity contribution in [3.63, 3.8) is 0 Å². The van der Waals surface area contributed by atoms with Gasteiger partial charge < -0.3 is 29.8 Å². The van der Waals surface area contributed by atoms with Crippen LogP contribution in [0.1, 0.15) is 23.2 Å². The summed E-state index contributed by atoms with van der Waals surface area (Å²) in [6.07, 6.45) is 5.31. The van der Waals surface area contributed by atoms with E-state index in [9.17, 15) is 4.79 Å². The minimum atomic E-state index is -0.201. The van der Waals surface area contributed by atoms with Gasteiger partial charge in [0.15, 0.2) is 0 Å². The van der Waals surface area contributed by atoms with Gasteiger partial charge in [0.25, 0.3) is 5.91 Å². The number of aromatic nitrogens is 5. The predicted octanol–water partition coefficient (Wildman–Crippen LogP) is 3.03. The maximum atomic E-state index is 12.0. The van der Waals surface area contributed by atoms with Gasteiger partial charge in [-0.25, -0.2) is 0 Å². The molecule has 4 aromatic rings. The number of aryl methyl sites for hydroxylation is 1. The van der Waals surface area contributed by atoms with E-state index < -0.39 is 0 Å². The van der Waals surface area contributed by atoms with Crippen molar-refractivity contribution < 1.29 is 19.0 Å². The summed E-state index contributed by atoms with van der Waals surface area (Å²) < 4.78 is 19.1. The molecular weight excluding hydrogens is 450 g/mol. The second-order valence-corrected chi connectivity index (χ2v) is 8.20. The van der Waals surface area contributed by atoms with Gasteiger partial charge in [0.1, 0.15) is 17.5 Å². The molecule has 0 atom stereocenters. The lowest BCUT2D eigenvalue weighted by atomic mass is 10.1. The van der Waals surface area contributed by atoms with Crippen molar-refractivity contribution in [1.82, 2.24) is 30.0 Å². The van der Waals surface area contributed by atoms with Crippen LogP contribution in [0, 0.1) is 0 Å². The molecule has 4 heterocycles. The molecule has 3 aromatic heterocycles. The van der Waals surface area contributed by atoms with Gasteiger partial charge in [0, 0.05) is 50.5 Å². The highest BCUT2D eigenvalue weighted by Gasteiger charge is 2.23. The molecule has 11 nitrogen and oxygen atoms in total. The van der Waals surface area contributed by atoms with E-state index in [1.807, 2.05) is 25.5 Å². The topological polar surface area (TPSA) is 128 Å². The van der Waals surface area contributed by atoms with Gasteiger partial charge in [0.2, 0.25) is 11.8 Å². The quantitative estimate of drug-likeness (QED) is 0.371. The van der Waals surface area contributed by atoms with E-state index in [0.29, 0.717) is 47.7 Å². The van der Waals surface area contributed by atoms with Crippen molar-refractivity contribution in [3.05, 3.63) is 42.2 Å². The highest BCUT2D eigenvalue weighted by atomic mass is 16.5. The van der Waals surface area contributed by atoms with E-state index in [2.05, 4.69) is 25.7 Å². The summed E-state index contributed by atoms with van der Waals surface area (Å²) in [6, 6.07) is 7.05. The number of hydrogen-bond donors (Lipinski definition) is 3. The number of ether oxygens (including phenoxy) is 3. The third kappa shape index (κ3) is 4.62. The molecule has 1 amide bonds. The van der Waals surface area contributed by atoms with Crippen LogP contribution in [0.15, 0.2) is 36.7 Å². The molecule has 1 aromatic carbocycles. The number of fused-ring (bicyclic) bond motifs is 1. The zero-order valence-electron chi connectivity index (χ0n) is 19.8. The van der Waals surface area contributed by atoms with E-state index >= 15 is 0 Å². The largest absolute Gasteiger partial charge is 0.495 e. The van der Waals surface area contributed by atoms with E-state index in [1.54, 1.807) is 37.0 Å². The Bertz CT molecular complexity index is 1360. The van der Waals surface area contributed by atoms with Gasteiger partial charge in [-0.1, -0.05) is 0 Å². The van der Waals surface area contributed by atoms with Crippen LogP contribution in [-0.2, 0) is 11.8 Å². The normalized spacial score (nSPS) is 14.1. The molecule has 0 unspecified atom stereocenters. The molecular formula is C24H27N7O4. The summed E-state index contributed by atoms with van der Waals surface area (Å²) in [4.78, 5) is 24.6. The van der Waals surface area contributed by atoms with Crippen molar-refractivity contribution in [3.8, 4) is 22.9 Å². The Balaban J connectivity index is 1.55. The number of benzene rings is 1. The molecule has 5 rings (SSSR count). The van der Waals surface area contributed by atoms with E-state index in [1.165, 1.54) is 0 Å². The molecule has 0 saturated carbocycles. The third-order valence-electron chi connectivity index (χ3n) is 5.87. The van der Waals surface area contributed by atoms with Gasteiger partial charge in [-0.2, -0.15) is 15.1 Å². The molecule has 3 N–H and O–H groups in total. The predicted molar refractivity (Wildman–Crippen MR) is 130 cm³/mol. The lowest BCUT2D eigenvalue weighted by molar-refractivity contribution is 0.0244. The number of amides is 1. The molecule has 1 aliphatic heterocycles. The van der Waals surface area contributed by atoms with Crippen LogP contribution < -0.4 is 20.1 Å². The fourth-order valence-electron chi connectivity index (χ4n) is 4.05. The first-order valence-corrected chi connectivity index (χ1v) is 11.4. The number of rotatable bonds is 7. The molecule has 0 bridgehead atoms. The molecule has 1 fully saturated rings. The van der Waals surface area contributed by atoms with Crippen LogP contribution in [0.25, 0.3) is 22.3 Å². The highest BCUT2D eigenvalue weighted by Crippen LogP contribution is 2.36. The van der Waals surface area contributed by atoms with Gasteiger partial charge in [-0.15, -0.1) is 0 Å². The summed E-state index contributed by atoms with van der Waals surface area (Å²) in [7, 11) is 5.00. The Kier molecular flexibility index (Phi) is 6.23. The highest BCUT2D eigenvalue weighted by molar-refractivity contribution is 5.97. The van der Waals surface area contributed by atoms with Gasteiger partial charge in [-0.3, -0.25) is 9.48 Å². The zero-order valence-corrected chi connectivity index (χ0v) is 19.8. The Morgan fingerprint density at radius 1 is 1.23 bits per heavy atom. The smallest absolute Gasteiger partial charge is 0.251 e. The summed E-state index contributed by atoms with van der Waals surface area (Å²) in [5.41, 5.74) is 3.38. The standard InChI is InChI=1S/C24H27N7O4/c1-25-22(32)14-4-5-18(19(12-14)33-3)27-24-28-21-20(16(13-26-21)17-6-9-31(2)30-17)23(29-24)35-15-7-10-34-11-8-15/h4-6,9,12-13,15H,7-8,10-11H2,1-3H3,(H,25,32)(H2,26,27,28,29). The molecule has 35 heavy (non-hydrogen) atoms. The Labute approximate surface area is 201 Å². The molecule has 0 aliphatic carbocycles. The van der Waals surface area contributed by atoms with Crippen LogP contribution in [0.2, 0.25) is 0 Å². The Hall–Kier alpha value is -4.12. The number of H-pyrrole nitrogens is 1. The second kappa shape index (κ2) is 9.63. The van der Waals surface area contributed by atoms with Crippen LogP contribution in [-0.4, -0.2) is 64.1 Å². The van der Waals surface area contributed by atoms with Crippen LogP contribution in [0.3, 0.4) is 0 Å². The Morgan fingerprint density at radius 2 is 2.06 bits per heavy atom. The number of aromatic amines is 1. The second-order valence-electron chi connectivity index (χ2n) is 8.20. The number of carbonyl (C=O) groups is 1. The average Bonchev–Trinajstić information content (AvgIpc) is 3.50. The van der Waals surface area contributed by atoms with Crippen molar-refractivity contribution in [1.29, 1.82) is 0 Å². The summed E-state index contributed by atoms with van der Waals surface area (Å²) >= 11 is 0. The van der Waals surface area contributed by atoms with Crippen LogP contribution in [0.5, 0.6) is 11.6 Å². The molecule has 0 radical (unpaired) electrons. The number of hydrogen-bond acceptors (Lipinski definition) is 8. The molecule has 1 saturated heterocycles. The number of anilines is 2. The first kappa shape index (κ1) is 22.7. The van der Waals surface area contributed by atoms with E-state index in [4.69, 9.17) is 19.2 Å². The van der Waals surface area contributed by atoms with Crippen molar-refractivity contribution in [2.45, 2.75) is 18.9 Å².